The van der Waals surface area contributed by atoms with E-state index in [4.69, 9.17) is 4.74 Å². The molecule has 3 rings (SSSR count). The van der Waals surface area contributed by atoms with Gasteiger partial charge in [0.1, 0.15) is 12.4 Å². The van der Waals surface area contributed by atoms with E-state index in [0.29, 0.717) is 42.8 Å². The molecule has 2 aromatic carbocycles. The fraction of sp³-hybridized carbons (Fsp3) is 0.263. The zero-order chi connectivity index (χ0) is 17.6. The van der Waals surface area contributed by atoms with Crippen molar-refractivity contribution in [2.75, 3.05) is 26.7 Å². The molecule has 1 aromatic heterocycles. The highest BCUT2D eigenvalue weighted by atomic mass is 19.1. The van der Waals surface area contributed by atoms with Gasteiger partial charge in [-0.05, 0) is 31.3 Å². The Bertz CT molecular complexity index is 910. The first kappa shape index (κ1) is 17.1. The molecule has 0 fully saturated rings. The molecule has 0 saturated heterocycles. The Morgan fingerprint density at radius 2 is 1.88 bits per heavy atom. The van der Waals surface area contributed by atoms with Crippen molar-refractivity contribution >= 4 is 10.9 Å². The van der Waals surface area contributed by atoms with Crippen LogP contribution in [0.15, 0.2) is 53.3 Å². The van der Waals surface area contributed by atoms with E-state index in [1.54, 1.807) is 24.3 Å². The van der Waals surface area contributed by atoms with Crippen LogP contribution in [0.5, 0.6) is 5.75 Å². The molecule has 0 unspecified atom stereocenters. The third-order valence-electron chi connectivity index (χ3n) is 3.96. The number of fused-ring (bicyclic) bond motifs is 1. The summed E-state index contributed by atoms with van der Waals surface area (Å²) in [5, 5.41) is 0.595. The van der Waals surface area contributed by atoms with Gasteiger partial charge in [-0.2, -0.15) is 0 Å². The Hall–Kier alpha value is -2.73. The number of ether oxygens (including phenoxy) is 1. The smallest absolute Gasteiger partial charge is 0.258 e. The third kappa shape index (κ3) is 4.42. The number of nitrogens with one attached hydrogen (secondary N) is 1. The van der Waals surface area contributed by atoms with E-state index < -0.39 is 0 Å². The van der Waals surface area contributed by atoms with Gasteiger partial charge in [0.25, 0.3) is 5.56 Å². The lowest BCUT2D eigenvalue weighted by atomic mass is 10.2. The molecule has 0 aliphatic heterocycles. The van der Waals surface area contributed by atoms with Gasteiger partial charge in [-0.3, -0.25) is 4.79 Å². The summed E-state index contributed by atoms with van der Waals surface area (Å²) < 4.78 is 18.9. The molecule has 130 valence electrons. The molecule has 0 aliphatic rings. The molecule has 1 heterocycles. The van der Waals surface area contributed by atoms with Crippen LogP contribution in [0.4, 0.5) is 4.39 Å². The largest absolute Gasteiger partial charge is 0.489 e. The number of benzene rings is 2. The third-order valence-corrected chi connectivity index (χ3v) is 3.96. The summed E-state index contributed by atoms with van der Waals surface area (Å²) in [6, 6.07) is 13.6. The monoisotopic (exact) mass is 341 g/mol. The lowest BCUT2D eigenvalue weighted by Gasteiger charge is -2.16. The Morgan fingerprint density at radius 3 is 2.72 bits per heavy atom. The van der Waals surface area contributed by atoms with Crippen LogP contribution in [0, 0.1) is 5.82 Å². The number of aromatic nitrogens is 2. The quantitative estimate of drug-likeness (QED) is 0.718. The van der Waals surface area contributed by atoms with Crippen LogP contribution in [-0.2, 0) is 6.42 Å². The Morgan fingerprint density at radius 1 is 1.12 bits per heavy atom. The van der Waals surface area contributed by atoms with Crippen molar-refractivity contribution in [3.63, 3.8) is 0 Å². The first-order valence-corrected chi connectivity index (χ1v) is 8.17. The summed E-state index contributed by atoms with van der Waals surface area (Å²) in [4.78, 5) is 21.4. The number of hydrogen-bond acceptors (Lipinski definition) is 4. The highest BCUT2D eigenvalue weighted by Gasteiger charge is 2.06. The average molecular weight is 341 g/mol. The second kappa shape index (κ2) is 7.90. The second-order valence-corrected chi connectivity index (χ2v) is 5.86. The zero-order valence-electron chi connectivity index (χ0n) is 14.0. The van der Waals surface area contributed by atoms with E-state index >= 15 is 0 Å². The van der Waals surface area contributed by atoms with Crippen LogP contribution in [0.1, 0.15) is 5.82 Å². The van der Waals surface area contributed by atoms with Crippen LogP contribution in [0.3, 0.4) is 0 Å². The first-order valence-electron chi connectivity index (χ1n) is 8.17. The molecule has 6 heteroatoms. The van der Waals surface area contributed by atoms with E-state index in [0.717, 1.165) is 0 Å². The Balaban J connectivity index is 1.51. The van der Waals surface area contributed by atoms with E-state index in [1.807, 2.05) is 25.2 Å². The summed E-state index contributed by atoms with van der Waals surface area (Å²) in [6.07, 6.45) is 0.621. The van der Waals surface area contributed by atoms with Crippen LogP contribution < -0.4 is 10.3 Å². The van der Waals surface area contributed by atoms with E-state index in [9.17, 15) is 9.18 Å². The van der Waals surface area contributed by atoms with Crippen molar-refractivity contribution in [1.82, 2.24) is 14.9 Å². The number of rotatable bonds is 7. The average Bonchev–Trinajstić information content (AvgIpc) is 2.62. The molecule has 0 aliphatic carbocycles. The summed E-state index contributed by atoms with van der Waals surface area (Å²) in [6.45, 7) is 1.74. The summed E-state index contributed by atoms with van der Waals surface area (Å²) in [5.41, 5.74) is 0.581. The molecule has 0 bridgehead atoms. The second-order valence-electron chi connectivity index (χ2n) is 5.86. The van der Waals surface area contributed by atoms with Gasteiger partial charge in [0.15, 0.2) is 11.6 Å². The maximum atomic E-state index is 13.5. The van der Waals surface area contributed by atoms with Gasteiger partial charge in [0.05, 0.1) is 10.9 Å². The lowest BCUT2D eigenvalue weighted by molar-refractivity contribution is 0.231. The van der Waals surface area contributed by atoms with Gasteiger partial charge in [-0.25, -0.2) is 9.37 Å². The number of para-hydroxylation sites is 2. The van der Waals surface area contributed by atoms with Gasteiger partial charge in [0, 0.05) is 19.5 Å². The predicted molar refractivity (Wildman–Crippen MR) is 95.5 cm³/mol. The van der Waals surface area contributed by atoms with Gasteiger partial charge in [-0.1, -0.05) is 24.3 Å². The van der Waals surface area contributed by atoms with E-state index in [2.05, 4.69) is 14.9 Å². The number of H-pyrrole nitrogens is 1. The minimum Gasteiger partial charge on any atom is -0.489 e. The van der Waals surface area contributed by atoms with Crippen molar-refractivity contribution in [2.24, 2.45) is 0 Å². The van der Waals surface area contributed by atoms with Crippen LogP contribution in [0.2, 0.25) is 0 Å². The lowest BCUT2D eigenvalue weighted by Crippen LogP contribution is -2.27. The number of halogens is 1. The summed E-state index contributed by atoms with van der Waals surface area (Å²) in [5.74, 6) is 0.560. The zero-order valence-corrected chi connectivity index (χ0v) is 14.0. The fourth-order valence-electron chi connectivity index (χ4n) is 2.54. The van der Waals surface area contributed by atoms with Crippen LogP contribution in [0.25, 0.3) is 10.9 Å². The van der Waals surface area contributed by atoms with Crippen molar-refractivity contribution in [3.8, 4) is 5.75 Å². The number of aromatic amines is 1. The van der Waals surface area contributed by atoms with Crippen molar-refractivity contribution in [1.29, 1.82) is 0 Å². The molecule has 1 N–H and O–H groups in total. The Labute approximate surface area is 145 Å². The molecule has 5 nitrogen and oxygen atoms in total. The molecule has 0 spiro atoms. The van der Waals surface area contributed by atoms with E-state index in [1.165, 1.54) is 6.07 Å². The molecular formula is C19H20FN3O2. The Kier molecular flexibility index (Phi) is 5.40. The molecule has 0 saturated carbocycles. The summed E-state index contributed by atoms with van der Waals surface area (Å²) >= 11 is 0. The highest BCUT2D eigenvalue weighted by molar-refractivity contribution is 5.77. The van der Waals surface area contributed by atoms with E-state index in [-0.39, 0.29) is 17.1 Å². The topological polar surface area (TPSA) is 58.2 Å². The standard InChI is InChI=1S/C19H20FN3O2/c1-23(12-13-25-17-9-5-3-7-15(17)20)11-10-18-21-16-8-4-2-6-14(16)19(24)22-18/h2-9H,10-13H2,1H3,(H,21,22,24). The van der Waals surface area contributed by atoms with Crippen LogP contribution in [-0.4, -0.2) is 41.6 Å². The molecule has 25 heavy (non-hydrogen) atoms. The van der Waals surface area contributed by atoms with Crippen molar-refractivity contribution in [2.45, 2.75) is 6.42 Å². The number of nitrogens with zero attached hydrogens (tertiary/aromatic N) is 2. The minimum absolute atomic E-state index is 0.119. The first-order chi connectivity index (χ1) is 12.1. The summed E-state index contributed by atoms with van der Waals surface area (Å²) in [7, 11) is 1.95. The van der Waals surface area contributed by atoms with Crippen LogP contribution >= 0.6 is 0 Å². The highest BCUT2D eigenvalue weighted by Crippen LogP contribution is 2.15. The van der Waals surface area contributed by atoms with Gasteiger partial charge < -0.3 is 14.6 Å². The van der Waals surface area contributed by atoms with Crippen molar-refractivity contribution < 1.29 is 9.13 Å². The number of likely N-dealkylation sites (N-methyl/N-ethyl adjacent to an activating group) is 1. The maximum Gasteiger partial charge on any atom is 0.258 e. The van der Waals surface area contributed by atoms with Gasteiger partial charge in [-0.15, -0.1) is 0 Å². The molecule has 0 atom stereocenters. The molecule has 0 radical (unpaired) electrons. The predicted octanol–water partition coefficient (Wildman–Crippen LogP) is 2.62. The van der Waals surface area contributed by atoms with Gasteiger partial charge >= 0.3 is 0 Å². The molecule has 3 aromatic rings. The SMILES string of the molecule is CN(CCOc1ccccc1F)CCc1nc2ccccc2c(=O)[nH]1. The molecular weight excluding hydrogens is 321 g/mol. The van der Waals surface area contributed by atoms with Crippen molar-refractivity contribution in [3.05, 3.63) is 70.5 Å². The minimum atomic E-state index is -0.358. The normalized spacial score (nSPS) is 11.2. The maximum absolute atomic E-state index is 13.5. The molecule has 0 amide bonds. The van der Waals surface area contributed by atoms with Gasteiger partial charge in [0.2, 0.25) is 0 Å². The number of hydrogen-bond donors (Lipinski definition) is 1. The fourth-order valence-corrected chi connectivity index (χ4v) is 2.54.